The van der Waals surface area contributed by atoms with Gasteiger partial charge in [0.2, 0.25) is 0 Å². The van der Waals surface area contributed by atoms with Crippen LogP contribution in [0, 0.1) is 24.7 Å². The van der Waals surface area contributed by atoms with Crippen LogP contribution in [0.5, 0.6) is 0 Å². The number of hydrogen-bond acceptors (Lipinski definition) is 3. The van der Waals surface area contributed by atoms with Crippen molar-refractivity contribution in [2.45, 2.75) is 86.2 Å². The number of aliphatic hydroxyl groups excluding tert-OH is 1. The Labute approximate surface area is 191 Å². The Hall–Kier alpha value is -1.68. The lowest BCUT2D eigenvalue weighted by Gasteiger charge is -2.35. The van der Waals surface area contributed by atoms with E-state index >= 15 is 0 Å². The lowest BCUT2D eigenvalue weighted by atomic mass is 9.76. The van der Waals surface area contributed by atoms with Gasteiger partial charge in [-0.15, -0.1) is 6.92 Å². The molecule has 1 unspecified atom stereocenters. The van der Waals surface area contributed by atoms with Gasteiger partial charge in [-0.3, -0.25) is 0 Å². The van der Waals surface area contributed by atoms with Crippen molar-refractivity contribution in [3.8, 4) is 0 Å². The van der Waals surface area contributed by atoms with Crippen molar-refractivity contribution >= 4 is 6.09 Å². The van der Waals surface area contributed by atoms with Gasteiger partial charge in [-0.2, -0.15) is 6.42 Å². The number of aliphatic hydroxyl groups is 1. The molecule has 31 heavy (non-hydrogen) atoms. The molecule has 1 atom stereocenters. The van der Waals surface area contributed by atoms with Crippen LogP contribution in [0.3, 0.4) is 0 Å². The summed E-state index contributed by atoms with van der Waals surface area (Å²) in [4.78, 5) is 14.1. The summed E-state index contributed by atoms with van der Waals surface area (Å²) >= 11 is 0. The zero-order valence-electron chi connectivity index (χ0n) is 21.0. The first-order valence-corrected chi connectivity index (χ1v) is 11.7. The van der Waals surface area contributed by atoms with E-state index in [1.807, 2.05) is 32.6 Å². The molecule has 1 heterocycles. The van der Waals surface area contributed by atoms with Crippen molar-refractivity contribution in [1.29, 1.82) is 0 Å². The van der Waals surface area contributed by atoms with Gasteiger partial charge in [0.15, 0.2) is 0 Å². The van der Waals surface area contributed by atoms with E-state index in [9.17, 15) is 9.90 Å². The molecule has 1 aliphatic heterocycles. The summed E-state index contributed by atoms with van der Waals surface area (Å²) in [6, 6.07) is 0. The third kappa shape index (κ3) is 9.14. The summed E-state index contributed by atoms with van der Waals surface area (Å²) in [5.74, 6) is 0.447. The summed E-state index contributed by atoms with van der Waals surface area (Å²) in [6.45, 7) is 19.7. The fourth-order valence-corrected chi connectivity index (χ4v) is 4.04. The zero-order chi connectivity index (χ0) is 23.7. The third-order valence-corrected chi connectivity index (χ3v) is 6.19. The molecule has 0 aromatic heterocycles. The average Bonchev–Trinajstić information content (AvgIpc) is 2.71. The summed E-state index contributed by atoms with van der Waals surface area (Å²) in [7, 11) is 0. The van der Waals surface area contributed by atoms with Crippen molar-refractivity contribution in [2.75, 3.05) is 19.7 Å². The zero-order valence-corrected chi connectivity index (χ0v) is 21.0. The first kappa shape index (κ1) is 27.4. The first-order chi connectivity index (χ1) is 14.5. The van der Waals surface area contributed by atoms with Crippen LogP contribution in [0.4, 0.5) is 4.79 Å². The molecule has 1 rings (SSSR count). The van der Waals surface area contributed by atoms with Crippen molar-refractivity contribution in [3.63, 3.8) is 0 Å². The lowest BCUT2D eigenvalue weighted by molar-refractivity contribution is 0.0194. The second-order valence-corrected chi connectivity index (χ2v) is 10.1. The molecule has 1 aliphatic rings. The van der Waals surface area contributed by atoms with Gasteiger partial charge in [0.05, 0.1) is 6.61 Å². The SMILES string of the molecule is [CH2-]CCCC(C)(C=C(C)[CH-]C)/C(=C\C=C(/C)C1CCN(C(=O)OC(C)(C)C)CC1)CO. The predicted molar refractivity (Wildman–Crippen MR) is 131 cm³/mol. The normalized spacial score (nSPS) is 19.3. The minimum absolute atomic E-state index is 0.0437. The molecule has 0 aromatic rings. The number of carbonyl (C=O) groups is 1. The van der Waals surface area contributed by atoms with E-state index in [1.54, 1.807) is 0 Å². The van der Waals surface area contributed by atoms with E-state index in [4.69, 9.17) is 4.74 Å². The van der Waals surface area contributed by atoms with Crippen molar-refractivity contribution in [2.24, 2.45) is 11.3 Å². The van der Waals surface area contributed by atoms with Crippen LogP contribution in [-0.2, 0) is 4.74 Å². The standard InChI is InChI=1S/C27H45NO3/c1-9-11-16-27(8,19-21(3)10-2)24(20-29)13-12-22(4)23-14-17-28(18-15-23)25(30)31-26(5,6)7/h10,12-13,19,23,29H,1,9,11,14-18,20H2,2-8H3/q-2/b21-19?,22-12+,24-13-. The number of hydrogen-bond donors (Lipinski definition) is 1. The number of amides is 1. The highest BCUT2D eigenvalue weighted by molar-refractivity contribution is 5.68. The van der Waals surface area contributed by atoms with Gasteiger partial charge in [-0.25, -0.2) is 22.9 Å². The number of carbonyl (C=O) groups excluding carboxylic acids is 1. The molecule has 1 amide bonds. The summed E-state index contributed by atoms with van der Waals surface area (Å²) in [5, 5.41) is 10.1. The van der Waals surface area contributed by atoms with E-state index in [0.29, 0.717) is 5.92 Å². The van der Waals surface area contributed by atoms with E-state index in [1.165, 1.54) is 11.1 Å². The number of rotatable bonds is 9. The highest BCUT2D eigenvalue weighted by Crippen LogP contribution is 2.36. The van der Waals surface area contributed by atoms with E-state index < -0.39 is 5.60 Å². The van der Waals surface area contributed by atoms with Gasteiger partial charge in [0.1, 0.15) is 5.60 Å². The minimum Gasteiger partial charge on any atom is -0.444 e. The Kier molecular flexibility index (Phi) is 10.9. The van der Waals surface area contributed by atoms with Gasteiger partial charge in [-0.05, 0) is 46.5 Å². The number of unbranched alkanes of at least 4 members (excludes halogenated alkanes) is 1. The Morgan fingerprint density at radius 2 is 1.81 bits per heavy atom. The largest absolute Gasteiger partial charge is 0.444 e. The smallest absolute Gasteiger partial charge is 0.410 e. The highest BCUT2D eigenvalue weighted by atomic mass is 16.6. The second-order valence-electron chi connectivity index (χ2n) is 10.1. The van der Waals surface area contributed by atoms with E-state index in [0.717, 1.165) is 50.8 Å². The Morgan fingerprint density at radius 1 is 1.19 bits per heavy atom. The fraction of sp³-hybridized carbons (Fsp3) is 0.667. The average molecular weight is 432 g/mol. The van der Waals surface area contributed by atoms with Crippen LogP contribution in [0.2, 0.25) is 0 Å². The predicted octanol–water partition coefficient (Wildman–Crippen LogP) is 6.68. The maximum Gasteiger partial charge on any atom is 0.410 e. The molecule has 178 valence electrons. The quantitative estimate of drug-likeness (QED) is 0.327. The van der Waals surface area contributed by atoms with Gasteiger partial charge < -0.3 is 21.7 Å². The number of piperidine rings is 1. The molecular weight excluding hydrogens is 386 g/mol. The maximum atomic E-state index is 12.3. The highest BCUT2D eigenvalue weighted by Gasteiger charge is 2.27. The van der Waals surface area contributed by atoms with Gasteiger partial charge >= 0.3 is 6.09 Å². The fourth-order valence-electron chi connectivity index (χ4n) is 4.04. The Morgan fingerprint density at radius 3 is 2.29 bits per heavy atom. The van der Waals surface area contributed by atoms with Crippen molar-refractivity contribution < 1.29 is 14.6 Å². The van der Waals surface area contributed by atoms with Crippen molar-refractivity contribution in [3.05, 3.63) is 48.3 Å². The Bertz CT molecular complexity index is 660. The third-order valence-electron chi connectivity index (χ3n) is 6.19. The minimum atomic E-state index is -0.460. The van der Waals surface area contributed by atoms with Crippen molar-refractivity contribution in [1.82, 2.24) is 4.90 Å². The molecule has 4 heteroatoms. The van der Waals surface area contributed by atoms with Crippen LogP contribution < -0.4 is 0 Å². The van der Waals surface area contributed by atoms with E-state index in [2.05, 4.69) is 52.3 Å². The monoisotopic (exact) mass is 431 g/mol. The molecule has 1 fully saturated rings. The first-order valence-electron chi connectivity index (χ1n) is 11.7. The molecule has 0 bridgehead atoms. The molecule has 4 nitrogen and oxygen atoms in total. The van der Waals surface area contributed by atoms with Crippen LogP contribution in [0.15, 0.2) is 34.9 Å². The van der Waals surface area contributed by atoms with Crippen LogP contribution in [0.1, 0.15) is 80.6 Å². The van der Waals surface area contributed by atoms with Crippen LogP contribution in [-0.4, -0.2) is 41.4 Å². The molecule has 0 saturated carbocycles. The molecule has 0 spiro atoms. The van der Waals surface area contributed by atoms with Crippen LogP contribution in [0.25, 0.3) is 0 Å². The molecule has 1 N–H and O–H groups in total. The number of ether oxygens (including phenoxy) is 1. The molecular formula is C27H45NO3-2. The van der Waals surface area contributed by atoms with Gasteiger partial charge in [0.25, 0.3) is 0 Å². The summed E-state index contributed by atoms with van der Waals surface area (Å²) in [6.07, 6.45) is 13.2. The number of likely N-dealkylation sites (tertiary alicyclic amines) is 1. The molecule has 1 saturated heterocycles. The Balaban J connectivity index is 2.90. The van der Waals surface area contributed by atoms with Gasteiger partial charge in [-0.1, -0.05) is 55.4 Å². The van der Waals surface area contributed by atoms with Crippen LogP contribution >= 0.6 is 0 Å². The number of nitrogens with zero attached hydrogens (tertiary/aromatic N) is 1. The molecule has 0 radical (unpaired) electrons. The van der Waals surface area contributed by atoms with E-state index in [-0.39, 0.29) is 18.1 Å². The second kappa shape index (κ2) is 12.4. The summed E-state index contributed by atoms with van der Waals surface area (Å²) in [5.41, 5.74) is 2.92. The lowest BCUT2D eigenvalue weighted by Crippen LogP contribution is -2.41. The topological polar surface area (TPSA) is 49.8 Å². The summed E-state index contributed by atoms with van der Waals surface area (Å²) < 4.78 is 5.50. The maximum absolute atomic E-state index is 12.3. The number of allylic oxidation sites excluding steroid dienone is 5. The van der Waals surface area contributed by atoms with Gasteiger partial charge in [0, 0.05) is 13.1 Å². The molecule has 0 aliphatic carbocycles. The molecule has 0 aromatic carbocycles.